The lowest BCUT2D eigenvalue weighted by molar-refractivity contribution is -0.141. The first-order chi connectivity index (χ1) is 16.1. The van der Waals surface area contributed by atoms with Crippen molar-refractivity contribution in [1.82, 2.24) is 29.5 Å². The fourth-order valence-electron chi connectivity index (χ4n) is 4.07. The quantitative estimate of drug-likeness (QED) is 0.343. The van der Waals surface area contributed by atoms with Crippen LogP contribution < -0.4 is 0 Å². The molecule has 0 radical (unpaired) electrons. The molecule has 174 valence electrons. The van der Waals surface area contributed by atoms with Crippen molar-refractivity contribution >= 4 is 34.7 Å². The van der Waals surface area contributed by atoms with Crippen molar-refractivity contribution in [2.24, 2.45) is 4.99 Å². The summed E-state index contributed by atoms with van der Waals surface area (Å²) in [5.74, 6) is 0.438. The van der Waals surface area contributed by atoms with Gasteiger partial charge in [0.1, 0.15) is 12.2 Å². The van der Waals surface area contributed by atoms with Gasteiger partial charge in [0.05, 0.1) is 22.0 Å². The number of pyridine rings is 1. The van der Waals surface area contributed by atoms with Crippen LogP contribution in [0.3, 0.4) is 0 Å². The summed E-state index contributed by atoms with van der Waals surface area (Å²) in [5.41, 5.74) is 0.877. The first kappa shape index (κ1) is 22.5. The predicted octanol–water partition coefficient (Wildman–Crippen LogP) is 5.97. The summed E-state index contributed by atoms with van der Waals surface area (Å²) in [7, 11) is 0. The standard InChI is InChI=1S/C22H16Cl2F3N7/c1-11-4-3-5-17(30-11)34-21(28-10-29-34)19-12(2)31-18-9-16(22(25,26)27)32-33(18)20(19)13-6-7-14(23)15(24)8-13/h3-10,19-20H,1-2H3/t19?,20-/m1/s1. The van der Waals surface area contributed by atoms with Crippen LogP contribution in [0.5, 0.6) is 0 Å². The molecule has 0 fully saturated rings. The van der Waals surface area contributed by atoms with Crippen LogP contribution in [0.15, 0.2) is 53.8 Å². The van der Waals surface area contributed by atoms with Gasteiger partial charge in [-0.3, -0.25) is 0 Å². The van der Waals surface area contributed by atoms with Crippen LogP contribution in [0, 0.1) is 6.92 Å². The minimum absolute atomic E-state index is 0.0805. The minimum atomic E-state index is -4.63. The van der Waals surface area contributed by atoms with Gasteiger partial charge in [0.2, 0.25) is 0 Å². The average Bonchev–Trinajstić information content (AvgIpc) is 3.41. The Bertz CT molecular complexity index is 1420. The number of rotatable bonds is 3. The van der Waals surface area contributed by atoms with Crippen LogP contribution in [-0.2, 0) is 6.18 Å². The Kier molecular flexibility index (Phi) is 5.44. The minimum Gasteiger partial charge on any atom is -0.238 e. The van der Waals surface area contributed by atoms with E-state index < -0.39 is 23.8 Å². The highest BCUT2D eigenvalue weighted by Crippen LogP contribution is 2.44. The molecule has 0 spiro atoms. The van der Waals surface area contributed by atoms with E-state index in [1.165, 1.54) is 11.0 Å². The number of benzene rings is 1. The molecule has 0 saturated carbocycles. The Balaban J connectivity index is 1.73. The van der Waals surface area contributed by atoms with Gasteiger partial charge in [0.15, 0.2) is 17.3 Å². The second kappa shape index (κ2) is 8.21. The summed E-state index contributed by atoms with van der Waals surface area (Å²) in [5, 5.41) is 8.80. The van der Waals surface area contributed by atoms with Crippen LogP contribution in [-0.4, -0.2) is 35.2 Å². The van der Waals surface area contributed by atoms with Gasteiger partial charge in [0.25, 0.3) is 0 Å². The summed E-state index contributed by atoms with van der Waals surface area (Å²) in [6.07, 6.45) is -3.25. The lowest BCUT2D eigenvalue weighted by Gasteiger charge is -2.31. The molecule has 7 nitrogen and oxygen atoms in total. The highest BCUT2D eigenvalue weighted by atomic mass is 35.5. The molecule has 1 aliphatic rings. The zero-order chi connectivity index (χ0) is 24.2. The molecule has 0 amide bonds. The van der Waals surface area contributed by atoms with Gasteiger partial charge in [-0.25, -0.2) is 19.6 Å². The lowest BCUT2D eigenvalue weighted by atomic mass is 9.87. The largest absolute Gasteiger partial charge is 0.435 e. The molecule has 0 aliphatic carbocycles. The van der Waals surface area contributed by atoms with Crippen LogP contribution in [0.25, 0.3) is 5.82 Å². The van der Waals surface area contributed by atoms with E-state index in [2.05, 4.69) is 25.2 Å². The molecule has 0 saturated heterocycles. The van der Waals surface area contributed by atoms with Crippen LogP contribution >= 0.6 is 23.2 Å². The number of halogens is 5. The predicted molar refractivity (Wildman–Crippen MR) is 121 cm³/mol. The van der Waals surface area contributed by atoms with E-state index in [0.717, 1.165) is 11.8 Å². The summed E-state index contributed by atoms with van der Waals surface area (Å²) < 4.78 is 43.4. The molecule has 1 unspecified atom stereocenters. The number of nitrogens with zero attached hydrogens (tertiary/aromatic N) is 7. The number of aliphatic imine (C=N–C) groups is 1. The van der Waals surface area contributed by atoms with E-state index in [1.54, 1.807) is 35.9 Å². The maximum Gasteiger partial charge on any atom is 0.435 e. The SMILES string of the molecule is CC1=Nc2cc(C(F)(F)F)nn2[C@H](c2ccc(Cl)c(Cl)c2)C1c1ncnn1-c1cccc(C)n1. The molecule has 0 bridgehead atoms. The third kappa shape index (κ3) is 3.86. The second-order valence-corrected chi connectivity index (χ2v) is 8.66. The smallest absolute Gasteiger partial charge is 0.238 e. The third-order valence-electron chi connectivity index (χ3n) is 5.55. The molecule has 34 heavy (non-hydrogen) atoms. The molecule has 0 N–H and O–H groups in total. The van der Waals surface area contributed by atoms with E-state index in [4.69, 9.17) is 23.2 Å². The van der Waals surface area contributed by atoms with E-state index >= 15 is 0 Å². The monoisotopic (exact) mass is 505 g/mol. The van der Waals surface area contributed by atoms with E-state index in [0.29, 0.717) is 27.9 Å². The molecule has 3 aromatic heterocycles. The Labute approximate surface area is 201 Å². The molecule has 5 rings (SSSR count). The van der Waals surface area contributed by atoms with Gasteiger partial charge in [-0.15, -0.1) is 0 Å². The fraction of sp³-hybridized carbons (Fsp3) is 0.227. The molecule has 2 atom stereocenters. The zero-order valence-corrected chi connectivity index (χ0v) is 19.3. The van der Waals surface area contributed by atoms with Crippen molar-refractivity contribution in [3.8, 4) is 5.82 Å². The number of aryl methyl sites for hydroxylation is 1. The first-order valence-electron chi connectivity index (χ1n) is 10.1. The van der Waals surface area contributed by atoms with Crippen molar-refractivity contribution in [1.29, 1.82) is 0 Å². The van der Waals surface area contributed by atoms with Crippen molar-refractivity contribution in [2.75, 3.05) is 0 Å². The van der Waals surface area contributed by atoms with Crippen molar-refractivity contribution in [3.05, 3.63) is 81.6 Å². The number of hydrogen-bond acceptors (Lipinski definition) is 5. The van der Waals surface area contributed by atoms with Crippen molar-refractivity contribution < 1.29 is 13.2 Å². The maximum atomic E-state index is 13.5. The van der Waals surface area contributed by atoms with E-state index in [9.17, 15) is 13.2 Å². The van der Waals surface area contributed by atoms with E-state index in [1.807, 2.05) is 19.1 Å². The Hall–Kier alpha value is -3.24. The van der Waals surface area contributed by atoms with Crippen molar-refractivity contribution in [3.63, 3.8) is 0 Å². The van der Waals surface area contributed by atoms with Crippen LogP contribution in [0.1, 0.15) is 41.7 Å². The summed E-state index contributed by atoms with van der Waals surface area (Å²) >= 11 is 12.4. The normalized spacial score (nSPS) is 18.0. The third-order valence-corrected chi connectivity index (χ3v) is 6.29. The highest BCUT2D eigenvalue weighted by Gasteiger charge is 2.42. The number of alkyl halides is 3. The summed E-state index contributed by atoms with van der Waals surface area (Å²) in [6, 6.07) is 10.6. The lowest BCUT2D eigenvalue weighted by Crippen LogP contribution is -2.31. The molecule has 12 heteroatoms. The average molecular weight is 506 g/mol. The first-order valence-corrected chi connectivity index (χ1v) is 10.9. The number of hydrogen-bond donors (Lipinski definition) is 0. The Morgan fingerprint density at radius 2 is 1.79 bits per heavy atom. The van der Waals surface area contributed by atoms with Crippen molar-refractivity contribution in [2.45, 2.75) is 32.0 Å². The van der Waals surface area contributed by atoms with Gasteiger partial charge < -0.3 is 0 Å². The molecular formula is C22H16Cl2F3N7. The summed E-state index contributed by atoms with van der Waals surface area (Å²) in [6.45, 7) is 3.59. The second-order valence-electron chi connectivity index (χ2n) is 7.85. The number of fused-ring (bicyclic) bond motifs is 1. The van der Waals surface area contributed by atoms with Gasteiger partial charge in [-0.05, 0) is 43.7 Å². The van der Waals surface area contributed by atoms with Gasteiger partial charge >= 0.3 is 6.18 Å². The maximum absolute atomic E-state index is 13.5. The van der Waals surface area contributed by atoms with Gasteiger partial charge in [0, 0.05) is 17.5 Å². The number of aromatic nitrogens is 6. The van der Waals surface area contributed by atoms with Gasteiger partial charge in [-0.2, -0.15) is 28.1 Å². The molecular weight excluding hydrogens is 490 g/mol. The Morgan fingerprint density at radius 3 is 2.50 bits per heavy atom. The molecule has 1 aliphatic heterocycles. The van der Waals surface area contributed by atoms with E-state index in [-0.39, 0.29) is 10.8 Å². The highest BCUT2D eigenvalue weighted by molar-refractivity contribution is 6.42. The fourth-order valence-corrected chi connectivity index (χ4v) is 4.38. The van der Waals surface area contributed by atoms with Crippen LogP contribution in [0.2, 0.25) is 10.0 Å². The Morgan fingerprint density at radius 1 is 1.00 bits per heavy atom. The summed E-state index contributed by atoms with van der Waals surface area (Å²) in [4.78, 5) is 13.4. The molecule has 4 heterocycles. The van der Waals surface area contributed by atoms with Gasteiger partial charge in [-0.1, -0.05) is 35.3 Å². The van der Waals surface area contributed by atoms with Crippen LogP contribution in [0.4, 0.5) is 19.0 Å². The molecule has 1 aromatic carbocycles. The topological polar surface area (TPSA) is 73.8 Å². The zero-order valence-electron chi connectivity index (χ0n) is 17.8. The molecule has 4 aromatic rings.